The molecule has 94 valence electrons. The molecular formula is C12H11NO5. The maximum absolute atomic E-state index is 11.5. The summed E-state index contributed by atoms with van der Waals surface area (Å²) in [5.74, 6) is -2.62. The third-order valence-electron chi connectivity index (χ3n) is 2.05. The normalized spacial score (nSPS) is 17.8. The molecule has 1 aliphatic rings. The number of rotatable bonds is 2. The van der Waals surface area contributed by atoms with Gasteiger partial charge in [-0.1, -0.05) is 23.4 Å². The SMILES string of the molecule is CC1(C)OC(=O)C(=NOc2ccccc2)C(=O)O1. The number of hydrogen-bond acceptors (Lipinski definition) is 6. The third kappa shape index (κ3) is 2.65. The minimum atomic E-state index is -1.28. The number of oxime groups is 1. The fourth-order valence-electron chi connectivity index (χ4n) is 1.30. The molecule has 0 atom stereocenters. The van der Waals surface area contributed by atoms with Crippen LogP contribution in [0, 0.1) is 0 Å². The molecule has 0 radical (unpaired) electrons. The fraction of sp³-hybridized carbons (Fsp3) is 0.250. The molecule has 1 fully saturated rings. The highest BCUT2D eigenvalue weighted by Gasteiger charge is 2.41. The number of benzene rings is 1. The van der Waals surface area contributed by atoms with Crippen molar-refractivity contribution in [1.29, 1.82) is 0 Å². The Kier molecular flexibility index (Phi) is 3.01. The number of cyclic esters (lactones) is 2. The third-order valence-corrected chi connectivity index (χ3v) is 2.05. The van der Waals surface area contributed by atoms with E-state index in [0.29, 0.717) is 5.75 Å². The van der Waals surface area contributed by atoms with Crippen LogP contribution in [0.15, 0.2) is 35.5 Å². The van der Waals surface area contributed by atoms with Gasteiger partial charge in [0.25, 0.3) is 11.5 Å². The summed E-state index contributed by atoms with van der Waals surface area (Å²) >= 11 is 0. The average Bonchev–Trinajstić information content (AvgIpc) is 2.27. The number of ether oxygens (including phenoxy) is 2. The Bertz CT molecular complexity index is 484. The zero-order valence-electron chi connectivity index (χ0n) is 9.88. The van der Waals surface area contributed by atoms with Crippen LogP contribution in [0.2, 0.25) is 0 Å². The summed E-state index contributed by atoms with van der Waals surface area (Å²) in [6.07, 6.45) is 0. The van der Waals surface area contributed by atoms with E-state index in [-0.39, 0.29) is 0 Å². The van der Waals surface area contributed by atoms with Crippen LogP contribution in [0.5, 0.6) is 5.75 Å². The van der Waals surface area contributed by atoms with Gasteiger partial charge in [-0.2, -0.15) is 0 Å². The van der Waals surface area contributed by atoms with Crippen LogP contribution in [0.25, 0.3) is 0 Å². The first-order chi connectivity index (χ1) is 8.48. The maximum Gasteiger partial charge on any atom is 0.371 e. The van der Waals surface area contributed by atoms with Crippen molar-refractivity contribution >= 4 is 17.7 Å². The van der Waals surface area contributed by atoms with Crippen molar-refractivity contribution in [3.8, 4) is 5.75 Å². The lowest BCUT2D eigenvalue weighted by molar-refractivity contribution is -0.215. The van der Waals surface area contributed by atoms with Crippen molar-refractivity contribution in [3.63, 3.8) is 0 Å². The van der Waals surface area contributed by atoms with Gasteiger partial charge < -0.3 is 14.3 Å². The van der Waals surface area contributed by atoms with E-state index in [2.05, 4.69) is 5.16 Å². The summed E-state index contributed by atoms with van der Waals surface area (Å²) in [5.41, 5.74) is -0.516. The number of carbonyl (C=O) groups is 2. The molecule has 6 heteroatoms. The predicted octanol–water partition coefficient (Wildman–Crippen LogP) is 1.26. The van der Waals surface area contributed by atoms with Crippen molar-refractivity contribution in [2.45, 2.75) is 19.6 Å². The summed E-state index contributed by atoms with van der Waals surface area (Å²) in [6.45, 7) is 2.91. The molecule has 18 heavy (non-hydrogen) atoms. The van der Waals surface area contributed by atoms with Gasteiger partial charge in [0, 0.05) is 13.8 Å². The highest BCUT2D eigenvalue weighted by atomic mass is 16.7. The second kappa shape index (κ2) is 4.48. The van der Waals surface area contributed by atoms with E-state index in [1.54, 1.807) is 30.3 Å². The minimum absolute atomic E-state index is 0.399. The quantitative estimate of drug-likeness (QED) is 0.582. The summed E-state index contributed by atoms with van der Waals surface area (Å²) < 4.78 is 9.70. The average molecular weight is 249 g/mol. The van der Waals surface area contributed by atoms with Crippen LogP contribution in [-0.4, -0.2) is 23.4 Å². The lowest BCUT2D eigenvalue weighted by Gasteiger charge is -2.28. The zero-order valence-corrected chi connectivity index (χ0v) is 9.88. The van der Waals surface area contributed by atoms with Gasteiger partial charge in [0.05, 0.1) is 0 Å². The van der Waals surface area contributed by atoms with Gasteiger partial charge >= 0.3 is 11.9 Å². The largest absolute Gasteiger partial charge is 0.418 e. The Balaban J connectivity index is 2.14. The number of esters is 2. The first-order valence-corrected chi connectivity index (χ1v) is 5.25. The molecule has 0 aromatic heterocycles. The van der Waals surface area contributed by atoms with Gasteiger partial charge in [-0.05, 0) is 12.1 Å². The standard InChI is InChI=1S/C12H11NO5/c1-12(2)16-10(14)9(11(15)17-12)13-18-8-6-4-3-5-7-8/h3-7H,1-2H3. The summed E-state index contributed by atoms with van der Waals surface area (Å²) in [5, 5.41) is 3.45. The van der Waals surface area contributed by atoms with Crippen LogP contribution in [0.4, 0.5) is 0 Å². The Morgan fingerprint density at radius 1 is 1.06 bits per heavy atom. The van der Waals surface area contributed by atoms with E-state index >= 15 is 0 Å². The van der Waals surface area contributed by atoms with E-state index in [1.165, 1.54) is 13.8 Å². The zero-order chi connectivity index (χ0) is 13.2. The van der Waals surface area contributed by atoms with Gasteiger partial charge in [-0.3, -0.25) is 0 Å². The molecule has 1 saturated heterocycles. The second-order valence-electron chi connectivity index (χ2n) is 4.02. The topological polar surface area (TPSA) is 74.2 Å². The fourth-order valence-corrected chi connectivity index (χ4v) is 1.30. The Hall–Kier alpha value is -2.37. The first-order valence-electron chi connectivity index (χ1n) is 5.25. The van der Waals surface area contributed by atoms with Crippen LogP contribution < -0.4 is 4.84 Å². The number of para-hydroxylation sites is 1. The van der Waals surface area contributed by atoms with E-state index in [0.717, 1.165) is 0 Å². The van der Waals surface area contributed by atoms with E-state index in [1.807, 2.05) is 0 Å². The van der Waals surface area contributed by atoms with E-state index < -0.39 is 23.4 Å². The van der Waals surface area contributed by atoms with Crippen LogP contribution >= 0.6 is 0 Å². The number of hydrogen-bond donors (Lipinski definition) is 0. The first kappa shape index (κ1) is 12.1. The molecule has 0 N–H and O–H groups in total. The monoisotopic (exact) mass is 249 g/mol. The van der Waals surface area contributed by atoms with E-state index in [9.17, 15) is 9.59 Å². The van der Waals surface area contributed by atoms with Crippen LogP contribution in [0.3, 0.4) is 0 Å². The lowest BCUT2D eigenvalue weighted by atomic mass is 10.3. The molecule has 1 aromatic carbocycles. The maximum atomic E-state index is 11.5. The highest BCUT2D eigenvalue weighted by Crippen LogP contribution is 2.18. The molecule has 0 bridgehead atoms. The van der Waals surface area contributed by atoms with Crippen molar-refractivity contribution in [2.75, 3.05) is 0 Å². The molecule has 0 unspecified atom stereocenters. The Labute approximate surface area is 103 Å². The Morgan fingerprint density at radius 3 is 2.17 bits per heavy atom. The van der Waals surface area contributed by atoms with Gasteiger partial charge in [0.1, 0.15) is 0 Å². The molecule has 0 aliphatic carbocycles. The second-order valence-corrected chi connectivity index (χ2v) is 4.02. The van der Waals surface area contributed by atoms with Crippen LogP contribution in [0.1, 0.15) is 13.8 Å². The molecule has 2 rings (SSSR count). The number of nitrogens with zero attached hydrogens (tertiary/aromatic N) is 1. The van der Waals surface area contributed by atoms with Crippen molar-refractivity contribution < 1.29 is 23.9 Å². The number of carbonyl (C=O) groups excluding carboxylic acids is 2. The van der Waals surface area contributed by atoms with Gasteiger partial charge in [-0.25, -0.2) is 9.59 Å². The van der Waals surface area contributed by atoms with Gasteiger partial charge in [0.15, 0.2) is 5.75 Å². The Morgan fingerprint density at radius 2 is 1.61 bits per heavy atom. The molecule has 1 aromatic rings. The van der Waals surface area contributed by atoms with E-state index in [4.69, 9.17) is 14.3 Å². The van der Waals surface area contributed by atoms with Gasteiger partial charge in [0.2, 0.25) is 0 Å². The molecule has 0 spiro atoms. The summed E-state index contributed by atoms with van der Waals surface area (Å²) in [6, 6.07) is 8.53. The molecule has 0 saturated carbocycles. The minimum Gasteiger partial charge on any atom is -0.418 e. The highest BCUT2D eigenvalue weighted by molar-refractivity contribution is 6.63. The molecule has 1 aliphatic heterocycles. The summed E-state index contributed by atoms with van der Waals surface area (Å²) in [7, 11) is 0. The molecule has 1 heterocycles. The molecule has 6 nitrogen and oxygen atoms in total. The van der Waals surface area contributed by atoms with Gasteiger partial charge in [-0.15, -0.1) is 0 Å². The molecular weight excluding hydrogens is 238 g/mol. The van der Waals surface area contributed by atoms with Crippen molar-refractivity contribution in [3.05, 3.63) is 30.3 Å². The smallest absolute Gasteiger partial charge is 0.371 e. The summed E-state index contributed by atoms with van der Waals surface area (Å²) in [4.78, 5) is 28.0. The van der Waals surface area contributed by atoms with Crippen molar-refractivity contribution in [1.82, 2.24) is 0 Å². The van der Waals surface area contributed by atoms with Crippen molar-refractivity contribution in [2.24, 2.45) is 5.16 Å². The molecule has 0 amide bonds. The van der Waals surface area contributed by atoms with Crippen LogP contribution in [-0.2, 0) is 19.1 Å². The predicted molar refractivity (Wildman–Crippen MR) is 60.8 cm³/mol. The lowest BCUT2D eigenvalue weighted by Crippen LogP contribution is -2.47.